The molecule has 1 aliphatic heterocycles. The minimum Gasteiger partial charge on any atom is -0.493 e. The molecule has 34 heavy (non-hydrogen) atoms. The number of hydrogen-bond acceptors (Lipinski definition) is 6. The Labute approximate surface area is 202 Å². The van der Waals surface area contributed by atoms with Crippen molar-refractivity contribution in [2.75, 3.05) is 38.8 Å². The monoisotopic (exact) mass is 490 g/mol. The van der Waals surface area contributed by atoms with E-state index in [0.717, 1.165) is 19.4 Å². The number of carbonyl (C=O) groups excluding carboxylic acids is 1. The van der Waals surface area contributed by atoms with E-state index in [1.54, 1.807) is 23.1 Å². The average Bonchev–Trinajstić information content (AvgIpc) is 3.21. The summed E-state index contributed by atoms with van der Waals surface area (Å²) >= 11 is 0. The molecule has 3 rings (SSSR count). The second kappa shape index (κ2) is 12.0. The van der Waals surface area contributed by atoms with Crippen LogP contribution in [-0.4, -0.2) is 53.2 Å². The lowest BCUT2D eigenvalue weighted by atomic mass is 10.1. The predicted octanol–water partition coefficient (Wildman–Crippen LogP) is 5.07. The second-order valence-electron chi connectivity index (χ2n) is 8.24. The zero-order valence-electron chi connectivity index (χ0n) is 20.2. The van der Waals surface area contributed by atoms with Crippen LogP contribution in [0.15, 0.2) is 47.4 Å². The maximum absolute atomic E-state index is 12.8. The standard InChI is InChI=1S/C25H34N2O6S/c1-4-5-6-7-8-9-16-26-17-18-27(25(26)28)20-10-13-22(14-11-20)34(29,30)33-21-12-15-23(31-2)24(19-21)32-3/h10-15,19H,4-9,16-18H2,1-3H3. The van der Waals surface area contributed by atoms with Crippen molar-refractivity contribution in [2.24, 2.45) is 0 Å². The van der Waals surface area contributed by atoms with Gasteiger partial charge in [-0.05, 0) is 42.8 Å². The molecule has 0 unspecified atom stereocenters. The third-order valence-corrected chi connectivity index (χ3v) is 7.14. The molecular formula is C25H34N2O6S. The van der Waals surface area contributed by atoms with Gasteiger partial charge < -0.3 is 18.6 Å². The Morgan fingerprint density at radius 2 is 1.53 bits per heavy atom. The molecule has 0 bridgehead atoms. The first-order valence-electron chi connectivity index (χ1n) is 11.7. The lowest BCUT2D eigenvalue weighted by Crippen LogP contribution is -2.32. The summed E-state index contributed by atoms with van der Waals surface area (Å²) in [7, 11) is -1.10. The molecule has 0 N–H and O–H groups in total. The van der Waals surface area contributed by atoms with Crippen LogP contribution in [0.5, 0.6) is 17.2 Å². The molecule has 0 atom stereocenters. The molecule has 0 spiro atoms. The minimum atomic E-state index is -4.05. The molecule has 186 valence electrons. The number of hydrogen-bond donors (Lipinski definition) is 0. The number of urea groups is 1. The molecule has 2 amide bonds. The van der Waals surface area contributed by atoms with Crippen molar-refractivity contribution in [3.63, 3.8) is 0 Å². The van der Waals surface area contributed by atoms with E-state index in [4.69, 9.17) is 13.7 Å². The third kappa shape index (κ3) is 6.34. The number of anilines is 1. The van der Waals surface area contributed by atoms with Crippen LogP contribution in [-0.2, 0) is 10.1 Å². The fraction of sp³-hybridized carbons (Fsp3) is 0.480. The highest BCUT2D eigenvalue weighted by Gasteiger charge is 2.29. The van der Waals surface area contributed by atoms with Gasteiger partial charge in [0.1, 0.15) is 10.6 Å². The highest BCUT2D eigenvalue weighted by atomic mass is 32.2. The van der Waals surface area contributed by atoms with E-state index in [0.29, 0.717) is 30.3 Å². The van der Waals surface area contributed by atoms with E-state index >= 15 is 0 Å². The van der Waals surface area contributed by atoms with Gasteiger partial charge in [0.05, 0.1) is 14.2 Å². The van der Waals surface area contributed by atoms with E-state index in [9.17, 15) is 13.2 Å². The molecule has 1 saturated heterocycles. The second-order valence-corrected chi connectivity index (χ2v) is 9.78. The van der Waals surface area contributed by atoms with E-state index in [1.807, 2.05) is 4.90 Å². The Hall–Kier alpha value is -2.94. The highest BCUT2D eigenvalue weighted by Crippen LogP contribution is 2.32. The smallest absolute Gasteiger partial charge is 0.339 e. The lowest BCUT2D eigenvalue weighted by molar-refractivity contribution is 0.219. The Kier molecular flexibility index (Phi) is 9.04. The zero-order valence-corrected chi connectivity index (χ0v) is 21.0. The van der Waals surface area contributed by atoms with Gasteiger partial charge in [-0.25, -0.2) is 4.79 Å². The molecule has 1 fully saturated rings. The van der Waals surface area contributed by atoms with Gasteiger partial charge in [-0.2, -0.15) is 8.42 Å². The van der Waals surface area contributed by atoms with Crippen molar-refractivity contribution in [2.45, 2.75) is 50.3 Å². The summed E-state index contributed by atoms with van der Waals surface area (Å²) in [5, 5.41) is 0. The van der Waals surface area contributed by atoms with Crippen molar-refractivity contribution < 1.29 is 26.9 Å². The molecule has 2 aromatic rings. The highest BCUT2D eigenvalue weighted by molar-refractivity contribution is 7.87. The number of amides is 2. The van der Waals surface area contributed by atoms with Crippen LogP contribution in [0, 0.1) is 0 Å². The maximum Gasteiger partial charge on any atom is 0.339 e. The normalized spacial score (nSPS) is 13.9. The summed E-state index contributed by atoms with van der Waals surface area (Å²) in [5.41, 5.74) is 0.667. The molecule has 2 aromatic carbocycles. The number of carbonyl (C=O) groups is 1. The van der Waals surface area contributed by atoms with Crippen LogP contribution in [0.25, 0.3) is 0 Å². The molecule has 0 aliphatic carbocycles. The Morgan fingerprint density at radius 3 is 2.21 bits per heavy atom. The molecule has 0 saturated carbocycles. The Balaban J connectivity index is 1.59. The van der Waals surface area contributed by atoms with Crippen molar-refractivity contribution in [3.8, 4) is 17.2 Å². The SMILES string of the molecule is CCCCCCCCN1CCN(c2ccc(S(=O)(=O)Oc3ccc(OC)c(OC)c3)cc2)C1=O. The first-order valence-corrected chi connectivity index (χ1v) is 13.1. The van der Waals surface area contributed by atoms with Crippen molar-refractivity contribution in [1.82, 2.24) is 4.90 Å². The first-order chi connectivity index (χ1) is 16.4. The van der Waals surface area contributed by atoms with Crippen LogP contribution in [0.1, 0.15) is 45.4 Å². The molecule has 0 aromatic heterocycles. The number of rotatable bonds is 13. The molecular weight excluding hydrogens is 456 g/mol. The maximum atomic E-state index is 12.8. The average molecular weight is 491 g/mol. The quantitative estimate of drug-likeness (QED) is 0.288. The van der Waals surface area contributed by atoms with E-state index < -0.39 is 10.1 Å². The number of benzene rings is 2. The predicted molar refractivity (Wildman–Crippen MR) is 131 cm³/mol. The largest absolute Gasteiger partial charge is 0.493 e. The van der Waals surface area contributed by atoms with Crippen LogP contribution in [0.3, 0.4) is 0 Å². The van der Waals surface area contributed by atoms with Gasteiger partial charge in [-0.15, -0.1) is 0 Å². The molecule has 0 radical (unpaired) electrons. The van der Waals surface area contributed by atoms with Gasteiger partial charge >= 0.3 is 16.1 Å². The molecule has 9 heteroatoms. The Morgan fingerprint density at radius 1 is 0.853 bits per heavy atom. The summed E-state index contributed by atoms with van der Waals surface area (Å²) in [4.78, 5) is 16.3. The summed E-state index contributed by atoms with van der Waals surface area (Å²) in [6.45, 7) is 4.22. The number of ether oxygens (including phenoxy) is 2. The first kappa shape index (κ1) is 25.7. The lowest BCUT2D eigenvalue weighted by Gasteiger charge is -2.19. The van der Waals surface area contributed by atoms with E-state index in [1.165, 1.54) is 64.2 Å². The van der Waals surface area contributed by atoms with Gasteiger partial charge in [0.15, 0.2) is 11.5 Å². The van der Waals surface area contributed by atoms with Gasteiger partial charge in [-0.1, -0.05) is 39.0 Å². The molecule has 8 nitrogen and oxygen atoms in total. The fourth-order valence-electron chi connectivity index (χ4n) is 3.95. The number of nitrogens with zero attached hydrogens (tertiary/aromatic N) is 2. The van der Waals surface area contributed by atoms with Crippen LogP contribution < -0.4 is 18.6 Å². The minimum absolute atomic E-state index is 0.00150. The summed E-state index contributed by atoms with van der Waals surface area (Å²) in [6, 6.07) is 10.7. The van der Waals surface area contributed by atoms with Gasteiger partial charge in [0, 0.05) is 31.4 Å². The van der Waals surface area contributed by atoms with E-state index in [-0.39, 0.29) is 16.7 Å². The van der Waals surface area contributed by atoms with Crippen LogP contribution >= 0.6 is 0 Å². The van der Waals surface area contributed by atoms with Gasteiger partial charge in [-0.3, -0.25) is 4.90 Å². The topological polar surface area (TPSA) is 85.4 Å². The number of methoxy groups -OCH3 is 2. The number of unbranched alkanes of at least 4 members (excludes halogenated alkanes) is 5. The van der Waals surface area contributed by atoms with Crippen molar-refractivity contribution >= 4 is 21.8 Å². The van der Waals surface area contributed by atoms with Crippen molar-refractivity contribution in [1.29, 1.82) is 0 Å². The zero-order chi connectivity index (χ0) is 24.6. The van der Waals surface area contributed by atoms with Gasteiger partial charge in [0.25, 0.3) is 0 Å². The molecule has 1 aliphatic rings. The molecule has 1 heterocycles. The Bertz CT molecular complexity index is 1060. The van der Waals surface area contributed by atoms with E-state index in [2.05, 4.69) is 6.92 Å². The fourth-order valence-corrected chi connectivity index (χ4v) is 4.87. The summed E-state index contributed by atoms with van der Waals surface area (Å²) < 4.78 is 41.1. The van der Waals surface area contributed by atoms with Crippen LogP contribution in [0.4, 0.5) is 10.5 Å². The van der Waals surface area contributed by atoms with Crippen molar-refractivity contribution in [3.05, 3.63) is 42.5 Å². The third-order valence-electron chi connectivity index (χ3n) is 5.87. The summed E-state index contributed by atoms with van der Waals surface area (Å²) in [5.74, 6) is 0.947. The van der Waals surface area contributed by atoms with Gasteiger partial charge in [0.2, 0.25) is 0 Å². The van der Waals surface area contributed by atoms with Crippen LogP contribution in [0.2, 0.25) is 0 Å². The summed E-state index contributed by atoms with van der Waals surface area (Å²) in [6.07, 6.45) is 7.09.